The summed E-state index contributed by atoms with van der Waals surface area (Å²) in [5, 5.41) is 9.59. The van der Waals surface area contributed by atoms with Crippen LogP contribution >= 0.6 is 0 Å². The highest BCUT2D eigenvalue weighted by Crippen LogP contribution is 2.41. The first-order chi connectivity index (χ1) is 5.29. The number of hydrogen-bond acceptors (Lipinski definition) is 1. The van der Waals surface area contributed by atoms with Gasteiger partial charge < -0.3 is 5.11 Å². The van der Waals surface area contributed by atoms with Crippen molar-refractivity contribution < 1.29 is 5.11 Å². The van der Waals surface area contributed by atoms with E-state index in [1.165, 1.54) is 19.3 Å². The van der Waals surface area contributed by atoms with Crippen molar-refractivity contribution in [2.45, 2.75) is 38.7 Å². The van der Waals surface area contributed by atoms with Crippen LogP contribution in [0.2, 0.25) is 0 Å². The summed E-state index contributed by atoms with van der Waals surface area (Å²) < 4.78 is 0. The van der Waals surface area contributed by atoms with E-state index in [9.17, 15) is 5.11 Å². The molecule has 1 saturated carbocycles. The lowest BCUT2D eigenvalue weighted by molar-refractivity contribution is 0.121. The maximum atomic E-state index is 9.59. The summed E-state index contributed by atoms with van der Waals surface area (Å²) in [5.41, 5.74) is 1.55. The van der Waals surface area contributed by atoms with Crippen molar-refractivity contribution in [3.8, 4) is 0 Å². The second kappa shape index (κ2) is 2.63. The molecule has 11 heavy (non-hydrogen) atoms. The number of aliphatic hydroxyl groups excluding tert-OH is 1. The molecular formula is C10H16O. The lowest BCUT2D eigenvalue weighted by atomic mass is 9.78. The van der Waals surface area contributed by atoms with E-state index in [2.05, 4.69) is 13.0 Å². The van der Waals surface area contributed by atoms with Crippen LogP contribution in [0.5, 0.6) is 0 Å². The third-order valence-electron chi connectivity index (χ3n) is 3.21. The minimum Gasteiger partial charge on any atom is -0.392 e. The molecule has 0 saturated heterocycles. The summed E-state index contributed by atoms with van der Waals surface area (Å²) in [4.78, 5) is 0. The van der Waals surface area contributed by atoms with Crippen LogP contribution in [0.15, 0.2) is 11.6 Å². The molecule has 2 aliphatic rings. The van der Waals surface area contributed by atoms with Crippen molar-refractivity contribution in [1.82, 2.24) is 0 Å². The second-order valence-corrected chi connectivity index (χ2v) is 3.95. The predicted molar refractivity (Wildman–Crippen MR) is 45.2 cm³/mol. The number of fused-ring (bicyclic) bond motifs is 1. The van der Waals surface area contributed by atoms with Crippen LogP contribution in [0.3, 0.4) is 0 Å². The zero-order valence-electron chi connectivity index (χ0n) is 7.09. The van der Waals surface area contributed by atoms with Crippen molar-refractivity contribution in [3.63, 3.8) is 0 Å². The zero-order chi connectivity index (χ0) is 7.84. The van der Waals surface area contributed by atoms with Crippen molar-refractivity contribution in [2.24, 2.45) is 11.8 Å². The van der Waals surface area contributed by atoms with Crippen LogP contribution in [-0.2, 0) is 0 Å². The van der Waals surface area contributed by atoms with Crippen LogP contribution in [0.1, 0.15) is 32.6 Å². The fourth-order valence-electron chi connectivity index (χ4n) is 2.53. The largest absolute Gasteiger partial charge is 0.392 e. The third kappa shape index (κ3) is 1.12. The zero-order valence-corrected chi connectivity index (χ0v) is 7.09. The molecule has 1 nitrogen and oxygen atoms in total. The molecular weight excluding hydrogens is 136 g/mol. The van der Waals surface area contributed by atoms with Gasteiger partial charge in [0, 0.05) is 5.92 Å². The van der Waals surface area contributed by atoms with Gasteiger partial charge in [0.1, 0.15) is 0 Å². The van der Waals surface area contributed by atoms with Gasteiger partial charge in [-0.25, -0.2) is 0 Å². The Morgan fingerprint density at radius 1 is 1.45 bits per heavy atom. The van der Waals surface area contributed by atoms with E-state index < -0.39 is 0 Å². The Balaban J connectivity index is 2.16. The smallest absolute Gasteiger partial charge is 0.0640 e. The first kappa shape index (κ1) is 7.35. The van der Waals surface area contributed by atoms with Gasteiger partial charge in [-0.15, -0.1) is 0 Å². The Hall–Kier alpha value is -0.300. The molecule has 3 atom stereocenters. The summed E-state index contributed by atoms with van der Waals surface area (Å²) >= 11 is 0. The Morgan fingerprint density at radius 2 is 2.27 bits per heavy atom. The van der Waals surface area contributed by atoms with Crippen LogP contribution in [0.25, 0.3) is 0 Å². The van der Waals surface area contributed by atoms with E-state index >= 15 is 0 Å². The number of rotatable bonds is 0. The van der Waals surface area contributed by atoms with Gasteiger partial charge in [0.25, 0.3) is 0 Å². The monoisotopic (exact) mass is 152 g/mol. The van der Waals surface area contributed by atoms with Crippen molar-refractivity contribution in [2.75, 3.05) is 0 Å². The number of hydrogen-bond donors (Lipinski definition) is 1. The minimum atomic E-state index is -0.0484. The maximum Gasteiger partial charge on any atom is 0.0640 e. The summed E-state index contributed by atoms with van der Waals surface area (Å²) in [5.74, 6) is 1.27. The second-order valence-electron chi connectivity index (χ2n) is 3.95. The van der Waals surface area contributed by atoms with Crippen LogP contribution in [0, 0.1) is 11.8 Å². The molecule has 2 aliphatic carbocycles. The SMILES string of the molecule is CC1CCCC2C1=CCC2O. The summed E-state index contributed by atoms with van der Waals surface area (Å²) in [6.45, 7) is 2.29. The van der Waals surface area contributed by atoms with Gasteiger partial charge in [0.15, 0.2) is 0 Å². The molecule has 0 aliphatic heterocycles. The molecule has 1 fully saturated rings. The average molecular weight is 152 g/mol. The molecule has 2 rings (SSSR count). The molecule has 0 bridgehead atoms. The standard InChI is InChI=1S/C10H16O/c1-7-3-2-4-9-8(7)5-6-10(9)11/h5,7,9-11H,2-4,6H2,1H3. The van der Waals surface area contributed by atoms with Gasteiger partial charge >= 0.3 is 0 Å². The van der Waals surface area contributed by atoms with Crippen LogP contribution in [-0.4, -0.2) is 11.2 Å². The van der Waals surface area contributed by atoms with E-state index in [4.69, 9.17) is 0 Å². The maximum absolute atomic E-state index is 9.59. The minimum absolute atomic E-state index is 0.0484. The molecule has 0 amide bonds. The lowest BCUT2D eigenvalue weighted by Crippen LogP contribution is -2.23. The Morgan fingerprint density at radius 3 is 3.00 bits per heavy atom. The molecule has 0 radical (unpaired) electrons. The van der Waals surface area contributed by atoms with Gasteiger partial charge in [-0.1, -0.05) is 25.0 Å². The van der Waals surface area contributed by atoms with E-state index in [1.54, 1.807) is 5.57 Å². The highest BCUT2D eigenvalue weighted by molar-refractivity contribution is 5.20. The predicted octanol–water partition coefficient (Wildman–Crippen LogP) is 2.11. The van der Waals surface area contributed by atoms with Gasteiger partial charge in [-0.3, -0.25) is 0 Å². The summed E-state index contributed by atoms with van der Waals surface area (Å²) in [6, 6.07) is 0. The van der Waals surface area contributed by atoms with Gasteiger partial charge in [-0.2, -0.15) is 0 Å². The Kier molecular flexibility index (Phi) is 1.76. The molecule has 0 aromatic rings. The molecule has 0 spiro atoms. The van der Waals surface area contributed by atoms with Crippen molar-refractivity contribution in [1.29, 1.82) is 0 Å². The molecule has 0 heterocycles. The molecule has 62 valence electrons. The molecule has 3 unspecified atom stereocenters. The Bertz CT molecular complexity index is 183. The average Bonchev–Trinajstić information content (AvgIpc) is 2.35. The van der Waals surface area contributed by atoms with Crippen LogP contribution in [0.4, 0.5) is 0 Å². The van der Waals surface area contributed by atoms with E-state index in [-0.39, 0.29) is 6.10 Å². The van der Waals surface area contributed by atoms with E-state index in [1.807, 2.05) is 0 Å². The molecule has 1 heteroatoms. The Labute approximate surface area is 68.1 Å². The van der Waals surface area contributed by atoms with E-state index in [0.717, 1.165) is 12.3 Å². The fourth-order valence-corrected chi connectivity index (χ4v) is 2.53. The molecule has 0 aromatic heterocycles. The van der Waals surface area contributed by atoms with Gasteiger partial charge in [-0.05, 0) is 25.2 Å². The third-order valence-corrected chi connectivity index (χ3v) is 3.21. The highest BCUT2D eigenvalue weighted by atomic mass is 16.3. The summed E-state index contributed by atoms with van der Waals surface area (Å²) in [7, 11) is 0. The van der Waals surface area contributed by atoms with Gasteiger partial charge in [0.05, 0.1) is 6.10 Å². The lowest BCUT2D eigenvalue weighted by Gasteiger charge is -2.28. The van der Waals surface area contributed by atoms with Crippen LogP contribution < -0.4 is 0 Å². The fraction of sp³-hybridized carbons (Fsp3) is 0.800. The first-order valence-corrected chi connectivity index (χ1v) is 4.67. The normalized spacial score (nSPS) is 43.5. The van der Waals surface area contributed by atoms with E-state index in [0.29, 0.717) is 5.92 Å². The summed E-state index contributed by atoms with van der Waals surface area (Å²) in [6.07, 6.45) is 6.98. The van der Waals surface area contributed by atoms with Crippen molar-refractivity contribution >= 4 is 0 Å². The molecule has 0 aromatic carbocycles. The molecule has 1 N–H and O–H groups in total. The van der Waals surface area contributed by atoms with Gasteiger partial charge in [0.2, 0.25) is 0 Å². The first-order valence-electron chi connectivity index (χ1n) is 4.67. The number of aliphatic hydroxyl groups is 1. The quantitative estimate of drug-likeness (QED) is 0.527. The van der Waals surface area contributed by atoms with Crippen molar-refractivity contribution in [3.05, 3.63) is 11.6 Å². The topological polar surface area (TPSA) is 20.2 Å². The highest BCUT2D eigenvalue weighted by Gasteiger charge is 2.33.